The number of nitrogens with zero attached hydrogens (tertiary/aromatic N) is 1. The topological polar surface area (TPSA) is 30.7 Å². The summed E-state index contributed by atoms with van der Waals surface area (Å²) >= 11 is 0. The maximum atomic E-state index is 11.0. The molecule has 0 fully saturated rings. The third kappa shape index (κ3) is 2.60. The van der Waals surface area contributed by atoms with Crippen LogP contribution in [0, 0.1) is 6.57 Å². The van der Waals surface area contributed by atoms with Gasteiger partial charge < -0.3 is 9.58 Å². The molecule has 0 unspecified atom stereocenters. The Kier molecular flexibility index (Phi) is 3.69. The molecule has 72 valence electrons. The predicted octanol–water partition coefficient (Wildman–Crippen LogP) is 2.21. The summed E-state index contributed by atoms with van der Waals surface area (Å²) in [5.74, 6) is -0.352. The van der Waals surface area contributed by atoms with Crippen LogP contribution in [0.15, 0.2) is 30.3 Å². The van der Waals surface area contributed by atoms with E-state index in [1.807, 2.05) is 30.3 Å². The minimum absolute atomic E-state index is 0.115. The lowest BCUT2D eigenvalue weighted by molar-refractivity contribution is -0.140. The molecule has 3 heteroatoms. The van der Waals surface area contributed by atoms with Crippen molar-refractivity contribution in [2.75, 3.05) is 7.11 Å². The van der Waals surface area contributed by atoms with Gasteiger partial charge in [-0.15, -0.1) is 0 Å². The summed E-state index contributed by atoms with van der Waals surface area (Å²) in [4.78, 5) is 14.4. The Bertz CT molecular complexity index is 340. The van der Waals surface area contributed by atoms with Crippen LogP contribution in [0.3, 0.4) is 0 Å². The molecule has 0 aliphatic rings. The molecule has 1 atom stereocenters. The zero-order chi connectivity index (χ0) is 10.4. The Hall–Kier alpha value is -1.82. The summed E-state index contributed by atoms with van der Waals surface area (Å²) in [5.41, 5.74) is 0.855. The van der Waals surface area contributed by atoms with Gasteiger partial charge in [0.05, 0.1) is 7.11 Å². The third-order valence-electron chi connectivity index (χ3n) is 1.93. The van der Waals surface area contributed by atoms with Gasteiger partial charge in [0.15, 0.2) is 0 Å². The van der Waals surface area contributed by atoms with Gasteiger partial charge in [0, 0.05) is 5.56 Å². The van der Waals surface area contributed by atoms with Crippen LogP contribution in [0.25, 0.3) is 4.85 Å². The lowest BCUT2D eigenvalue weighted by Crippen LogP contribution is -2.05. The molecule has 1 aromatic rings. The number of rotatable bonds is 3. The van der Waals surface area contributed by atoms with Crippen molar-refractivity contribution < 1.29 is 9.53 Å². The summed E-state index contributed by atoms with van der Waals surface area (Å²) < 4.78 is 4.52. The fourth-order valence-electron chi connectivity index (χ4n) is 1.15. The zero-order valence-electron chi connectivity index (χ0n) is 7.93. The first kappa shape index (κ1) is 10.3. The number of ether oxygens (including phenoxy) is 1. The number of carbonyl (C=O) groups is 1. The van der Waals surface area contributed by atoms with Crippen LogP contribution < -0.4 is 0 Å². The predicted molar refractivity (Wildman–Crippen MR) is 52.4 cm³/mol. The maximum Gasteiger partial charge on any atom is 0.313 e. The first-order chi connectivity index (χ1) is 6.77. The monoisotopic (exact) mass is 189 g/mol. The Balaban J connectivity index is 2.74. The SMILES string of the molecule is [C-]#[N+][C@@H](CC(=O)OC)c1ccccc1. The van der Waals surface area contributed by atoms with E-state index in [1.165, 1.54) is 7.11 Å². The molecular weight excluding hydrogens is 178 g/mol. The van der Waals surface area contributed by atoms with E-state index >= 15 is 0 Å². The second kappa shape index (κ2) is 5.03. The van der Waals surface area contributed by atoms with Crippen molar-refractivity contribution in [3.05, 3.63) is 47.3 Å². The number of esters is 1. The first-order valence-electron chi connectivity index (χ1n) is 4.26. The first-order valence-corrected chi connectivity index (χ1v) is 4.26. The van der Waals surface area contributed by atoms with Crippen LogP contribution in [0.1, 0.15) is 18.0 Å². The van der Waals surface area contributed by atoms with Gasteiger partial charge in [-0.3, -0.25) is 4.79 Å². The van der Waals surface area contributed by atoms with Crippen LogP contribution in [0.4, 0.5) is 0 Å². The Morgan fingerprint density at radius 1 is 1.50 bits per heavy atom. The lowest BCUT2D eigenvalue weighted by Gasteiger charge is -2.03. The lowest BCUT2D eigenvalue weighted by atomic mass is 10.1. The normalized spacial score (nSPS) is 11.4. The van der Waals surface area contributed by atoms with Crippen molar-refractivity contribution in [3.8, 4) is 0 Å². The summed E-state index contributed by atoms with van der Waals surface area (Å²) in [6.45, 7) is 6.98. The van der Waals surface area contributed by atoms with Gasteiger partial charge in [0.2, 0.25) is 0 Å². The molecule has 1 aromatic carbocycles. The second-order valence-corrected chi connectivity index (χ2v) is 2.84. The highest BCUT2D eigenvalue weighted by atomic mass is 16.5. The number of carbonyl (C=O) groups excluding carboxylic acids is 1. The van der Waals surface area contributed by atoms with E-state index in [1.54, 1.807) is 0 Å². The Morgan fingerprint density at radius 3 is 2.64 bits per heavy atom. The number of methoxy groups -OCH3 is 1. The van der Waals surface area contributed by atoms with Gasteiger partial charge in [-0.1, -0.05) is 30.3 Å². The molecule has 0 N–H and O–H groups in total. The largest absolute Gasteiger partial charge is 0.469 e. The number of benzene rings is 1. The highest BCUT2D eigenvalue weighted by Gasteiger charge is 2.19. The van der Waals surface area contributed by atoms with E-state index in [2.05, 4.69) is 9.58 Å². The second-order valence-electron chi connectivity index (χ2n) is 2.84. The summed E-state index contributed by atoms with van der Waals surface area (Å²) in [6.07, 6.45) is 0.115. The Morgan fingerprint density at radius 2 is 2.14 bits per heavy atom. The zero-order valence-corrected chi connectivity index (χ0v) is 7.93. The van der Waals surface area contributed by atoms with Crippen LogP contribution >= 0.6 is 0 Å². The molecule has 0 aromatic heterocycles. The molecule has 0 amide bonds. The van der Waals surface area contributed by atoms with Crippen LogP contribution in [-0.2, 0) is 9.53 Å². The van der Waals surface area contributed by atoms with E-state index < -0.39 is 6.04 Å². The molecular formula is C11H11NO2. The maximum absolute atomic E-state index is 11.0. The van der Waals surface area contributed by atoms with Crippen LogP contribution in [0.5, 0.6) is 0 Å². The van der Waals surface area contributed by atoms with Crippen molar-refractivity contribution >= 4 is 5.97 Å². The van der Waals surface area contributed by atoms with Crippen LogP contribution in [0.2, 0.25) is 0 Å². The van der Waals surface area contributed by atoms with Gasteiger partial charge in [0.1, 0.15) is 6.42 Å². The summed E-state index contributed by atoms with van der Waals surface area (Å²) in [5, 5.41) is 0. The number of hydrogen-bond acceptors (Lipinski definition) is 2. The van der Waals surface area contributed by atoms with Crippen molar-refractivity contribution in [1.29, 1.82) is 0 Å². The fraction of sp³-hybridized carbons (Fsp3) is 0.273. The molecule has 0 saturated heterocycles. The quantitative estimate of drug-likeness (QED) is 0.539. The molecule has 0 radical (unpaired) electrons. The van der Waals surface area contributed by atoms with E-state index in [0.717, 1.165) is 5.56 Å². The van der Waals surface area contributed by atoms with Crippen molar-refractivity contribution in [1.82, 2.24) is 0 Å². The number of hydrogen-bond donors (Lipinski definition) is 0. The molecule has 0 heterocycles. The van der Waals surface area contributed by atoms with E-state index in [9.17, 15) is 4.79 Å². The molecule has 0 spiro atoms. The fourth-order valence-corrected chi connectivity index (χ4v) is 1.15. The van der Waals surface area contributed by atoms with Gasteiger partial charge >= 0.3 is 5.97 Å². The highest BCUT2D eigenvalue weighted by molar-refractivity contribution is 5.70. The minimum atomic E-state index is -0.427. The average molecular weight is 189 g/mol. The van der Waals surface area contributed by atoms with Crippen LogP contribution in [-0.4, -0.2) is 13.1 Å². The van der Waals surface area contributed by atoms with E-state index in [-0.39, 0.29) is 12.4 Å². The smallest absolute Gasteiger partial charge is 0.313 e. The van der Waals surface area contributed by atoms with Crippen molar-refractivity contribution in [2.24, 2.45) is 0 Å². The molecule has 1 rings (SSSR count). The van der Waals surface area contributed by atoms with Crippen molar-refractivity contribution in [3.63, 3.8) is 0 Å². The third-order valence-corrected chi connectivity index (χ3v) is 1.93. The van der Waals surface area contributed by atoms with Gasteiger partial charge in [-0.2, -0.15) is 0 Å². The standard InChI is InChI=1S/C11H11NO2/c1-12-10(8-11(13)14-2)9-6-4-3-5-7-9/h3-7,10H,8H2,2H3/t10-/m0/s1. The minimum Gasteiger partial charge on any atom is -0.469 e. The summed E-state index contributed by atoms with van der Waals surface area (Å²) in [7, 11) is 1.33. The van der Waals surface area contributed by atoms with E-state index in [4.69, 9.17) is 6.57 Å². The summed E-state index contributed by atoms with van der Waals surface area (Å²) in [6, 6.07) is 8.83. The van der Waals surface area contributed by atoms with Gasteiger partial charge in [0.25, 0.3) is 6.04 Å². The Labute approximate surface area is 83.1 Å². The van der Waals surface area contributed by atoms with Crippen molar-refractivity contribution in [2.45, 2.75) is 12.5 Å². The molecule has 0 aliphatic carbocycles. The average Bonchev–Trinajstić information content (AvgIpc) is 2.26. The molecule has 3 nitrogen and oxygen atoms in total. The highest BCUT2D eigenvalue weighted by Crippen LogP contribution is 2.20. The van der Waals surface area contributed by atoms with Gasteiger partial charge in [-0.05, 0) is 0 Å². The molecule has 0 saturated carbocycles. The molecule has 14 heavy (non-hydrogen) atoms. The van der Waals surface area contributed by atoms with E-state index in [0.29, 0.717) is 0 Å². The molecule has 0 aliphatic heterocycles. The molecule has 0 bridgehead atoms. The van der Waals surface area contributed by atoms with Gasteiger partial charge in [-0.25, -0.2) is 6.57 Å².